The Morgan fingerprint density at radius 1 is 1.35 bits per heavy atom. The predicted molar refractivity (Wildman–Crippen MR) is 104 cm³/mol. The summed E-state index contributed by atoms with van der Waals surface area (Å²) < 4.78 is 29.2. The van der Waals surface area contributed by atoms with Gasteiger partial charge in [-0.05, 0) is 48.9 Å². The molecule has 1 aromatic heterocycles. The monoisotopic (exact) mass is 437 g/mol. The standard InChI is InChI=1S/C16H21BrClNO2S2/c1-4-8-19(10-12(17)5-2)23(20,21)16-11(3)14-9-13(18)6-7-15(14)22-16/h6-7,9,12H,4-5,8,10H2,1-3H3. The Labute approximate surface area is 155 Å². The van der Waals surface area contributed by atoms with Crippen molar-refractivity contribution in [3.63, 3.8) is 0 Å². The Morgan fingerprint density at radius 3 is 2.65 bits per heavy atom. The summed E-state index contributed by atoms with van der Waals surface area (Å²) in [4.78, 5) is 0.160. The molecule has 3 nitrogen and oxygen atoms in total. The van der Waals surface area contributed by atoms with Crippen molar-refractivity contribution in [2.75, 3.05) is 13.1 Å². The predicted octanol–water partition coefficient (Wildman–Crippen LogP) is 5.44. The summed E-state index contributed by atoms with van der Waals surface area (Å²) in [6.45, 7) is 6.91. The fourth-order valence-corrected chi connectivity index (χ4v) is 6.61. The molecule has 0 fully saturated rings. The maximum atomic E-state index is 13.1. The molecule has 0 saturated heterocycles. The fraction of sp³-hybridized carbons (Fsp3) is 0.500. The molecule has 0 spiro atoms. The van der Waals surface area contributed by atoms with Gasteiger partial charge in [0.25, 0.3) is 10.0 Å². The van der Waals surface area contributed by atoms with Crippen molar-refractivity contribution in [3.05, 3.63) is 28.8 Å². The average Bonchev–Trinajstić information content (AvgIpc) is 2.84. The molecule has 23 heavy (non-hydrogen) atoms. The summed E-state index contributed by atoms with van der Waals surface area (Å²) in [6, 6.07) is 5.52. The summed E-state index contributed by atoms with van der Waals surface area (Å²) in [5.41, 5.74) is 0.788. The highest BCUT2D eigenvalue weighted by molar-refractivity contribution is 9.09. The zero-order chi connectivity index (χ0) is 17.2. The SMILES string of the molecule is CCCN(CC(Br)CC)S(=O)(=O)c1sc2ccc(Cl)cc2c1C. The lowest BCUT2D eigenvalue weighted by molar-refractivity contribution is 0.409. The van der Waals surface area contributed by atoms with Crippen LogP contribution in [0.5, 0.6) is 0 Å². The van der Waals surface area contributed by atoms with Gasteiger partial charge in [0.2, 0.25) is 0 Å². The molecular weight excluding hydrogens is 418 g/mol. The van der Waals surface area contributed by atoms with Crippen LogP contribution in [0.25, 0.3) is 10.1 Å². The Kier molecular flexibility index (Phi) is 6.53. The van der Waals surface area contributed by atoms with Crippen LogP contribution < -0.4 is 0 Å². The quantitative estimate of drug-likeness (QED) is 0.540. The van der Waals surface area contributed by atoms with Crippen LogP contribution in [0, 0.1) is 6.92 Å². The Hall–Kier alpha value is -0.140. The zero-order valence-electron chi connectivity index (χ0n) is 13.5. The molecule has 0 amide bonds. The van der Waals surface area contributed by atoms with Crippen molar-refractivity contribution >= 4 is 59.0 Å². The highest BCUT2D eigenvalue weighted by Crippen LogP contribution is 2.37. The number of benzene rings is 1. The van der Waals surface area contributed by atoms with E-state index >= 15 is 0 Å². The number of nitrogens with zero attached hydrogens (tertiary/aromatic N) is 1. The molecule has 0 aliphatic rings. The van der Waals surface area contributed by atoms with Crippen LogP contribution in [0.15, 0.2) is 22.4 Å². The summed E-state index contributed by atoms with van der Waals surface area (Å²) in [5.74, 6) is 0. The molecule has 1 unspecified atom stereocenters. The molecule has 0 N–H and O–H groups in total. The Balaban J connectivity index is 2.50. The van der Waals surface area contributed by atoms with E-state index in [1.54, 1.807) is 10.4 Å². The first-order valence-electron chi connectivity index (χ1n) is 7.64. The van der Waals surface area contributed by atoms with Crippen LogP contribution in [-0.4, -0.2) is 30.6 Å². The van der Waals surface area contributed by atoms with Gasteiger partial charge in [0.05, 0.1) is 0 Å². The topological polar surface area (TPSA) is 37.4 Å². The van der Waals surface area contributed by atoms with E-state index < -0.39 is 10.0 Å². The van der Waals surface area contributed by atoms with Gasteiger partial charge in [-0.2, -0.15) is 4.31 Å². The summed E-state index contributed by atoms with van der Waals surface area (Å²) >= 11 is 10.9. The smallest absolute Gasteiger partial charge is 0.206 e. The van der Waals surface area contributed by atoms with Gasteiger partial charge in [0, 0.05) is 27.6 Å². The van der Waals surface area contributed by atoms with Gasteiger partial charge in [0.15, 0.2) is 0 Å². The first-order valence-corrected chi connectivity index (χ1v) is 11.2. The van der Waals surface area contributed by atoms with E-state index in [1.807, 2.05) is 32.9 Å². The number of fused-ring (bicyclic) bond motifs is 1. The van der Waals surface area contributed by atoms with E-state index in [4.69, 9.17) is 11.6 Å². The summed E-state index contributed by atoms with van der Waals surface area (Å²) in [7, 11) is -3.49. The maximum absolute atomic E-state index is 13.1. The molecule has 128 valence electrons. The number of halogens is 2. The largest absolute Gasteiger partial charge is 0.252 e. The van der Waals surface area contributed by atoms with Crippen LogP contribution >= 0.6 is 38.9 Å². The van der Waals surface area contributed by atoms with E-state index in [2.05, 4.69) is 15.9 Å². The Bertz CT molecular complexity index is 789. The number of sulfonamides is 1. The lowest BCUT2D eigenvalue weighted by atomic mass is 10.2. The van der Waals surface area contributed by atoms with E-state index in [1.165, 1.54) is 11.3 Å². The number of hydrogen-bond donors (Lipinski definition) is 0. The third-order valence-electron chi connectivity index (χ3n) is 3.75. The van der Waals surface area contributed by atoms with Crippen molar-refractivity contribution in [3.8, 4) is 0 Å². The second kappa shape index (κ2) is 7.83. The minimum absolute atomic E-state index is 0.160. The number of rotatable bonds is 7. The van der Waals surface area contributed by atoms with Crippen LogP contribution in [0.3, 0.4) is 0 Å². The zero-order valence-corrected chi connectivity index (χ0v) is 17.4. The number of thiophene rings is 1. The molecule has 2 rings (SSSR count). The van der Waals surface area contributed by atoms with Gasteiger partial charge in [-0.15, -0.1) is 11.3 Å². The highest BCUT2D eigenvalue weighted by Gasteiger charge is 2.29. The van der Waals surface area contributed by atoms with E-state index in [-0.39, 0.29) is 4.83 Å². The van der Waals surface area contributed by atoms with Gasteiger partial charge in [-0.3, -0.25) is 0 Å². The van der Waals surface area contributed by atoms with E-state index in [0.29, 0.717) is 22.3 Å². The minimum Gasteiger partial charge on any atom is -0.206 e. The number of alkyl halides is 1. The molecule has 1 atom stereocenters. The van der Waals surface area contributed by atoms with Crippen molar-refractivity contribution in [1.82, 2.24) is 4.31 Å². The van der Waals surface area contributed by atoms with Gasteiger partial charge >= 0.3 is 0 Å². The molecule has 1 aromatic carbocycles. The van der Waals surface area contributed by atoms with Crippen molar-refractivity contribution in [1.29, 1.82) is 0 Å². The van der Waals surface area contributed by atoms with Crippen LogP contribution in [-0.2, 0) is 10.0 Å². The summed E-state index contributed by atoms with van der Waals surface area (Å²) in [5, 5.41) is 1.54. The lowest BCUT2D eigenvalue weighted by Gasteiger charge is -2.23. The molecule has 0 aliphatic heterocycles. The van der Waals surface area contributed by atoms with Gasteiger partial charge in [-0.25, -0.2) is 8.42 Å². The third kappa shape index (κ3) is 4.10. The highest BCUT2D eigenvalue weighted by atomic mass is 79.9. The minimum atomic E-state index is -3.49. The van der Waals surface area contributed by atoms with E-state index in [0.717, 1.165) is 28.5 Å². The first kappa shape index (κ1) is 19.2. The second-order valence-corrected chi connectivity index (χ2v) is 10.4. The molecule has 0 saturated carbocycles. The van der Waals surface area contributed by atoms with Crippen molar-refractivity contribution in [2.45, 2.75) is 42.6 Å². The fourth-order valence-electron chi connectivity index (χ4n) is 2.44. The van der Waals surface area contributed by atoms with Crippen LogP contribution in [0.4, 0.5) is 0 Å². The third-order valence-corrected chi connectivity index (χ3v) is 8.65. The molecule has 1 heterocycles. The molecule has 0 aliphatic carbocycles. The van der Waals surface area contributed by atoms with E-state index in [9.17, 15) is 8.42 Å². The van der Waals surface area contributed by atoms with Gasteiger partial charge in [-0.1, -0.05) is 41.4 Å². The average molecular weight is 439 g/mol. The molecular formula is C16H21BrClNO2S2. The number of hydrogen-bond acceptors (Lipinski definition) is 3. The summed E-state index contributed by atoms with van der Waals surface area (Å²) in [6.07, 6.45) is 1.68. The lowest BCUT2D eigenvalue weighted by Crippen LogP contribution is -2.36. The number of aryl methyl sites for hydroxylation is 1. The van der Waals surface area contributed by atoms with Gasteiger partial charge in [0.1, 0.15) is 4.21 Å². The Morgan fingerprint density at radius 2 is 2.04 bits per heavy atom. The van der Waals surface area contributed by atoms with Crippen molar-refractivity contribution < 1.29 is 8.42 Å². The van der Waals surface area contributed by atoms with Crippen molar-refractivity contribution in [2.24, 2.45) is 0 Å². The van der Waals surface area contributed by atoms with Gasteiger partial charge < -0.3 is 0 Å². The first-order chi connectivity index (χ1) is 10.8. The molecule has 0 radical (unpaired) electrons. The van der Waals surface area contributed by atoms with Crippen LogP contribution in [0.1, 0.15) is 32.3 Å². The molecule has 0 bridgehead atoms. The molecule has 7 heteroatoms. The van der Waals surface area contributed by atoms with Crippen LogP contribution in [0.2, 0.25) is 5.02 Å². The second-order valence-electron chi connectivity index (χ2n) is 5.52. The molecule has 2 aromatic rings. The normalized spacial score (nSPS) is 13.8. The maximum Gasteiger partial charge on any atom is 0.252 e.